The van der Waals surface area contributed by atoms with E-state index in [1.54, 1.807) is 36.4 Å². The van der Waals surface area contributed by atoms with Gasteiger partial charge in [0.15, 0.2) is 21.3 Å². The lowest BCUT2D eigenvalue weighted by Gasteiger charge is -2.33. The van der Waals surface area contributed by atoms with Crippen LogP contribution in [0.25, 0.3) is 0 Å². The average Bonchev–Trinajstić information content (AvgIpc) is 3.73. The molecular formula is C35H40N4O10S. The first-order valence-electron chi connectivity index (χ1n) is 15.8. The highest BCUT2D eigenvalue weighted by Crippen LogP contribution is 2.44. The van der Waals surface area contributed by atoms with Gasteiger partial charge < -0.3 is 34.5 Å². The van der Waals surface area contributed by atoms with Crippen LogP contribution in [0.4, 0.5) is 16.2 Å². The number of hydrogen-bond donors (Lipinski definition) is 3. The van der Waals surface area contributed by atoms with Gasteiger partial charge >= 0.3 is 12.1 Å². The minimum atomic E-state index is -3.97. The van der Waals surface area contributed by atoms with Gasteiger partial charge in [-0.1, -0.05) is 12.1 Å². The SMILES string of the molecule is COC(=O)Nc1ccc(S(=O)(=O)C(C)C)c(C2C(C(=O)OC)CCN2C(=O)[C@H](Nc2ccc3c(c2)C(=O)NC3)c2ccc(OC)c(OC)c2)c1. The van der Waals surface area contributed by atoms with E-state index in [0.29, 0.717) is 34.9 Å². The van der Waals surface area contributed by atoms with Crippen molar-refractivity contribution in [1.29, 1.82) is 0 Å². The van der Waals surface area contributed by atoms with Gasteiger partial charge in [0.25, 0.3) is 5.91 Å². The summed E-state index contributed by atoms with van der Waals surface area (Å²) in [5, 5.41) is 7.76. The number of benzene rings is 3. The van der Waals surface area contributed by atoms with Crippen molar-refractivity contribution in [3.05, 3.63) is 76.9 Å². The number of fused-ring (bicyclic) bond motifs is 1. The number of ether oxygens (including phenoxy) is 4. The monoisotopic (exact) mass is 708 g/mol. The Labute approximate surface area is 290 Å². The van der Waals surface area contributed by atoms with Crippen LogP contribution in [0.1, 0.15) is 59.4 Å². The molecule has 2 heterocycles. The molecule has 0 aliphatic carbocycles. The molecule has 15 heteroatoms. The molecule has 2 aliphatic heterocycles. The fourth-order valence-corrected chi connectivity index (χ4v) is 7.59. The van der Waals surface area contributed by atoms with Crippen molar-refractivity contribution in [3.63, 3.8) is 0 Å². The third-order valence-corrected chi connectivity index (χ3v) is 11.2. The predicted octanol–water partition coefficient (Wildman–Crippen LogP) is 4.22. The summed E-state index contributed by atoms with van der Waals surface area (Å²) in [5.41, 5.74) is 2.55. The first-order chi connectivity index (χ1) is 23.8. The van der Waals surface area contributed by atoms with Crippen molar-refractivity contribution in [3.8, 4) is 11.5 Å². The van der Waals surface area contributed by atoms with Crippen LogP contribution in [0.15, 0.2) is 59.5 Å². The Bertz CT molecular complexity index is 1930. The molecule has 3 N–H and O–H groups in total. The summed E-state index contributed by atoms with van der Waals surface area (Å²) in [6.45, 7) is 3.52. The van der Waals surface area contributed by atoms with Gasteiger partial charge in [0.05, 0.1) is 50.5 Å². The van der Waals surface area contributed by atoms with E-state index in [0.717, 1.165) is 5.56 Å². The molecule has 3 aromatic carbocycles. The maximum Gasteiger partial charge on any atom is 0.411 e. The minimum Gasteiger partial charge on any atom is -0.493 e. The number of rotatable bonds is 11. The van der Waals surface area contributed by atoms with Crippen LogP contribution in [0.2, 0.25) is 0 Å². The second kappa shape index (κ2) is 14.7. The quantitative estimate of drug-likeness (QED) is 0.243. The highest BCUT2D eigenvalue weighted by atomic mass is 32.2. The van der Waals surface area contributed by atoms with Crippen LogP contribution in [-0.4, -0.2) is 77.4 Å². The highest BCUT2D eigenvalue weighted by Gasteiger charge is 2.47. The molecule has 0 aromatic heterocycles. The third-order valence-electron chi connectivity index (χ3n) is 8.97. The molecule has 0 saturated carbocycles. The second-order valence-electron chi connectivity index (χ2n) is 12.1. The molecule has 3 atom stereocenters. The Hall–Kier alpha value is -5.31. The maximum absolute atomic E-state index is 15.0. The molecule has 3 amide bonds. The fourth-order valence-electron chi connectivity index (χ4n) is 6.32. The molecule has 266 valence electrons. The molecule has 1 fully saturated rings. The van der Waals surface area contributed by atoms with Gasteiger partial charge in [-0.25, -0.2) is 13.2 Å². The minimum absolute atomic E-state index is 0.0666. The normalized spacial score (nSPS) is 17.4. The Balaban J connectivity index is 1.67. The number of likely N-dealkylation sites (tertiary alicyclic amines) is 1. The van der Waals surface area contributed by atoms with Gasteiger partial charge in [-0.05, 0) is 79.4 Å². The largest absolute Gasteiger partial charge is 0.493 e. The van der Waals surface area contributed by atoms with Crippen molar-refractivity contribution >= 4 is 45.1 Å². The average molecular weight is 709 g/mol. The van der Waals surface area contributed by atoms with Crippen molar-refractivity contribution in [2.75, 3.05) is 45.6 Å². The summed E-state index contributed by atoms with van der Waals surface area (Å²) in [4.78, 5) is 54.3. The number of nitrogens with one attached hydrogen (secondary N) is 3. The first kappa shape index (κ1) is 36.0. The van der Waals surface area contributed by atoms with Gasteiger partial charge in [-0.3, -0.25) is 19.7 Å². The van der Waals surface area contributed by atoms with Crippen LogP contribution in [-0.2, 0) is 35.4 Å². The van der Waals surface area contributed by atoms with E-state index in [-0.39, 0.29) is 35.0 Å². The fraction of sp³-hybridized carbons (Fsp3) is 0.371. The first-order valence-corrected chi connectivity index (χ1v) is 17.4. The zero-order valence-corrected chi connectivity index (χ0v) is 29.4. The molecule has 0 radical (unpaired) electrons. The topological polar surface area (TPSA) is 179 Å². The molecule has 14 nitrogen and oxygen atoms in total. The predicted molar refractivity (Wildman–Crippen MR) is 183 cm³/mol. The Morgan fingerprint density at radius 2 is 1.62 bits per heavy atom. The standard InChI is InChI=1S/C35H40N4O10S/c1-19(2)50(44,45)29-12-10-23(38-35(43)49-6)17-26(29)31-24(34(42)48-5)13-14-39(31)33(41)30(20-8-11-27(46-3)28(15-20)47-4)37-22-9-7-21-18-36-32(40)25(21)16-22/h7-12,15-17,19,24,30-31,37H,13-14,18H2,1-6H3,(H,36,40)(H,38,43)/t24?,30-,31?/m1/s1. The van der Waals surface area contributed by atoms with Gasteiger partial charge in [0, 0.05) is 30.0 Å². The van der Waals surface area contributed by atoms with Crippen molar-refractivity contribution in [1.82, 2.24) is 10.2 Å². The van der Waals surface area contributed by atoms with E-state index in [2.05, 4.69) is 16.0 Å². The molecule has 1 saturated heterocycles. The zero-order chi connectivity index (χ0) is 36.3. The van der Waals surface area contributed by atoms with E-state index in [4.69, 9.17) is 18.9 Å². The molecule has 0 spiro atoms. The second-order valence-corrected chi connectivity index (χ2v) is 14.6. The smallest absolute Gasteiger partial charge is 0.411 e. The number of nitrogens with zero attached hydrogens (tertiary/aromatic N) is 1. The number of methoxy groups -OCH3 is 4. The molecule has 2 unspecified atom stereocenters. The molecule has 5 rings (SSSR count). The van der Waals surface area contributed by atoms with Crippen molar-refractivity contribution in [2.45, 2.75) is 49.0 Å². The lowest BCUT2D eigenvalue weighted by atomic mass is 9.92. The third kappa shape index (κ3) is 6.90. The summed E-state index contributed by atoms with van der Waals surface area (Å²) >= 11 is 0. The van der Waals surface area contributed by atoms with Crippen LogP contribution in [0.3, 0.4) is 0 Å². The molecule has 2 aliphatic rings. The molecular weight excluding hydrogens is 668 g/mol. The van der Waals surface area contributed by atoms with E-state index >= 15 is 0 Å². The van der Waals surface area contributed by atoms with E-state index in [1.165, 1.54) is 65.4 Å². The van der Waals surface area contributed by atoms with E-state index < -0.39 is 51.1 Å². The summed E-state index contributed by atoms with van der Waals surface area (Å²) in [6, 6.07) is 12.2. The summed E-state index contributed by atoms with van der Waals surface area (Å²) in [7, 11) is 1.40. The summed E-state index contributed by atoms with van der Waals surface area (Å²) < 4.78 is 48.4. The zero-order valence-electron chi connectivity index (χ0n) is 28.6. The molecule has 3 aromatic rings. The highest BCUT2D eigenvalue weighted by molar-refractivity contribution is 7.92. The van der Waals surface area contributed by atoms with Crippen molar-refractivity contribution in [2.24, 2.45) is 5.92 Å². The van der Waals surface area contributed by atoms with Gasteiger partial charge in [0.1, 0.15) is 6.04 Å². The van der Waals surface area contributed by atoms with Gasteiger partial charge in [0.2, 0.25) is 5.91 Å². The van der Waals surface area contributed by atoms with Crippen LogP contribution in [0.5, 0.6) is 11.5 Å². The summed E-state index contributed by atoms with van der Waals surface area (Å²) in [6.07, 6.45) is -0.628. The Kier molecular flexibility index (Phi) is 10.6. The van der Waals surface area contributed by atoms with Gasteiger partial charge in [-0.2, -0.15) is 0 Å². The van der Waals surface area contributed by atoms with Crippen LogP contribution >= 0.6 is 0 Å². The van der Waals surface area contributed by atoms with Gasteiger partial charge in [-0.15, -0.1) is 0 Å². The Morgan fingerprint density at radius 1 is 0.900 bits per heavy atom. The Morgan fingerprint density at radius 3 is 2.28 bits per heavy atom. The van der Waals surface area contributed by atoms with Crippen LogP contribution in [0, 0.1) is 5.92 Å². The number of anilines is 2. The number of carbonyl (C=O) groups is 4. The van der Waals surface area contributed by atoms with Crippen LogP contribution < -0.4 is 25.4 Å². The number of amides is 3. The maximum atomic E-state index is 15.0. The number of hydrogen-bond acceptors (Lipinski definition) is 11. The summed E-state index contributed by atoms with van der Waals surface area (Å²) in [5.74, 6) is -1.54. The molecule has 50 heavy (non-hydrogen) atoms. The van der Waals surface area contributed by atoms with E-state index in [9.17, 15) is 27.6 Å². The van der Waals surface area contributed by atoms with Crippen molar-refractivity contribution < 1.29 is 46.5 Å². The number of sulfone groups is 1. The lowest BCUT2D eigenvalue weighted by Crippen LogP contribution is -2.40. The number of carbonyl (C=O) groups excluding carboxylic acids is 4. The number of esters is 1. The lowest BCUT2D eigenvalue weighted by molar-refractivity contribution is -0.147. The van der Waals surface area contributed by atoms with E-state index in [1.807, 2.05) is 0 Å². The molecule has 0 bridgehead atoms.